The standard InChI is InChI=1S/C18H21N3O5S2/c1-12-3-5-14(6-4-12)28(24,25)20-18-19-15(11-27-18)16(22)21-9-7-13(8-10-21)17(23)26-2/h3-6,11,13H,7-10H2,1-2H3,(H,19,20). The molecule has 3 rings (SSSR count). The molecule has 1 aliphatic heterocycles. The zero-order valence-corrected chi connectivity index (χ0v) is 17.2. The molecule has 1 aromatic carbocycles. The summed E-state index contributed by atoms with van der Waals surface area (Å²) in [6, 6.07) is 6.46. The summed E-state index contributed by atoms with van der Waals surface area (Å²) in [5.74, 6) is -0.727. The number of esters is 1. The van der Waals surface area contributed by atoms with E-state index in [1.54, 1.807) is 17.0 Å². The predicted octanol–water partition coefficient (Wildman–Crippen LogP) is 2.28. The molecule has 1 amide bonds. The van der Waals surface area contributed by atoms with Gasteiger partial charge in [0.1, 0.15) is 5.69 Å². The molecule has 0 bridgehead atoms. The Bertz CT molecular complexity index is 961. The molecule has 1 fully saturated rings. The normalized spacial score (nSPS) is 15.3. The van der Waals surface area contributed by atoms with Gasteiger partial charge in [0.05, 0.1) is 17.9 Å². The highest BCUT2D eigenvalue weighted by molar-refractivity contribution is 7.93. The first kappa shape index (κ1) is 20.3. The van der Waals surface area contributed by atoms with E-state index in [2.05, 4.69) is 9.71 Å². The number of likely N-dealkylation sites (tertiary alicyclic amines) is 1. The molecule has 0 spiro atoms. The van der Waals surface area contributed by atoms with Crippen molar-refractivity contribution < 1.29 is 22.7 Å². The van der Waals surface area contributed by atoms with Crippen molar-refractivity contribution in [3.8, 4) is 0 Å². The van der Waals surface area contributed by atoms with Crippen LogP contribution >= 0.6 is 11.3 Å². The van der Waals surface area contributed by atoms with Crippen LogP contribution in [0.3, 0.4) is 0 Å². The van der Waals surface area contributed by atoms with E-state index in [-0.39, 0.29) is 33.5 Å². The number of carbonyl (C=O) groups excluding carboxylic acids is 2. The van der Waals surface area contributed by atoms with Crippen molar-refractivity contribution >= 4 is 38.4 Å². The summed E-state index contributed by atoms with van der Waals surface area (Å²) in [5, 5.41) is 1.66. The van der Waals surface area contributed by atoms with E-state index in [9.17, 15) is 18.0 Å². The van der Waals surface area contributed by atoms with Crippen molar-refractivity contribution in [3.63, 3.8) is 0 Å². The van der Waals surface area contributed by atoms with Gasteiger partial charge in [0, 0.05) is 18.5 Å². The van der Waals surface area contributed by atoms with Crippen LogP contribution in [0.4, 0.5) is 5.13 Å². The van der Waals surface area contributed by atoms with Crippen molar-refractivity contribution in [1.29, 1.82) is 0 Å². The van der Waals surface area contributed by atoms with Gasteiger partial charge in [-0.3, -0.25) is 14.3 Å². The number of nitrogens with one attached hydrogen (secondary N) is 1. The Hall–Kier alpha value is -2.46. The topological polar surface area (TPSA) is 106 Å². The SMILES string of the molecule is COC(=O)C1CCN(C(=O)c2csc(NS(=O)(=O)c3ccc(C)cc3)n2)CC1. The molecule has 10 heteroatoms. The average molecular weight is 424 g/mol. The molecule has 1 saturated heterocycles. The smallest absolute Gasteiger partial charge is 0.308 e. The van der Waals surface area contributed by atoms with Crippen LogP contribution < -0.4 is 4.72 Å². The summed E-state index contributed by atoms with van der Waals surface area (Å²) >= 11 is 1.05. The summed E-state index contributed by atoms with van der Waals surface area (Å²) in [7, 11) is -2.41. The van der Waals surface area contributed by atoms with Crippen LogP contribution in [0.2, 0.25) is 0 Å². The van der Waals surface area contributed by atoms with Crippen molar-refractivity contribution in [2.24, 2.45) is 5.92 Å². The van der Waals surface area contributed by atoms with Gasteiger partial charge in [-0.15, -0.1) is 11.3 Å². The van der Waals surface area contributed by atoms with Gasteiger partial charge in [-0.2, -0.15) is 0 Å². The minimum atomic E-state index is -3.77. The number of aryl methyl sites for hydroxylation is 1. The third-order valence-electron chi connectivity index (χ3n) is 4.59. The molecule has 0 unspecified atom stereocenters. The van der Waals surface area contributed by atoms with Crippen LogP contribution in [0.1, 0.15) is 28.9 Å². The highest BCUT2D eigenvalue weighted by Crippen LogP contribution is 2.24. The fourth-order valence-corrected chi connectivity index (χ4v) is 4.89. The van der Waals surface area contributed by atoms with Gasteiger partial charge in [0.25, 0.3) is 15.9 Å². The number of benzene rings is 1. The number of carbonyl (C=O) groups is 2. The van der Waals surface area contributed by atoms with E-state index >= 15 is 0 Å². The number of thiazole rings is 1. The molecule has 150 valence electrons. The molecular weight excluding hydrogens is 402 g/mol. The summed E-state index contributed by atoms with van der Waals surface area (Å²) in [4.78, 5) is 30.1. The number of hydrogen-bond donors (Lipinski definition) is 1. The van der Waals surface area contributed by atoms with Crippen LogP contribution in [-0.2, 0) is 19.6 Å². The Kier molecular flexibility index (Phi) is 5.99. The third kappa shape index (κ3) is 4.50. The monoisotopic (exact) mass is 423 g/mol. The number of anilines is 1. The van der Waals surface area contributed by atoms with Gasteiger partial charge in [-0.05, 0) is 31.9 Å². The Morgan fingerprint density at radius 2 is 1.86 bits per heavy atom. The van der Waals surface area contributed by atoms with Gasteiger partial charge in [0.2, 0.25) is 0 Å². The maximum atomic E-state index is 12.6. The number of nitrogens with zero attached hydrogens (tertiary/aromatic N) is 2. The van der Waals surface area contributed by atoms with E-state index < -0.39 is 10.0 Å². The fourth-order valence-electron chi connectivity index (χ4n) is 2.96. The van der Waals surface area contributed by atoms with E-state index in [1.807, 2.05) is 6.92 Å². The molecule has 2 heterocycles. The summed E-state index contributed by atoms with van der Waals surface area (Å²) in [6.07, 6.45) is 1.07. The minimum Gasteiger partial charge on any atom is -0.469 e. The largest absolute Gasteiger partial charge is 0.469 e. The first-order chi connectivity index (χ1) is 13.3. The zero-order valence-electron chi connectivity index (χ0n) is 15.5. The molecule has 0 atom stereocenters. The molecular formula is C18H21N3O5S2. The molecule has 28 heavy (non-hydrogen) atoms. The van der Waals surface area contributed by atoms with Crippen molar-refractivity contribution in [3.05, 3.63) is 40.9 Å². The molecule has 2 aromatic rings. The number of sulfonamides is 1. The molecule has 0 radical (unpaired) electrons. The van der Waals surface area contributed by atoms with Crippen molar-refractivity contribution in [2.45, 2.75) is 24.7 Å². The highest BCUT2D eigenvalue weighted by Gasteiger charge is 2.29. The second-order valence-corrected chi connectivity index (χ2v) is 9.09. The average Bonchev–Trinajstić information content (AvgIpc) is 3.15. The number of rotatable bonds is 5. The summed E-state index contributed by atoms with van der Waals surface area (Å²) < 4.78 is 32.0. The number of hydrogen-bond acceptors (Lipinski definition) is 7. The first-order valence-corrected chi connectivity index (χ1v) is 11.1. The molecule has 0 saturated carbocycles. The first-order valence-electron chi connectivity index (χ1n) is 8.72. The van der Waals surface area contributed by atoms with Gasteiger partial charge in [-0.25, -0.2) is 13.4 Å². The van der Waals surface area contributed by atoms with Crippen molar-refractivity contribution in [1.82, 2.24) is 9.88 Å². The maximum Gasteiger partial charge on any atom is 0.308 e. The van der Waals surface area contributed by atoms with Crippen molar-refractivity contribution in [2.75, 3.05) is 24.9 Å². The van der Waals surface area contributed by atoms with Gasteiger partial charge in [-0.1, -0.05) is 17.7 Å². The number of methoxy groups -OCH3 is 1. The van der Waals surface area contributed by atoms with E-state index in [0.717, 1.165) is 16.9 Å². The van der Waals surface area contributed by atoms with Crippen LogP contribution in [0.15, 0.2) is 34.5 Å². The zero-order chi connectivity index (χ0) is 20.3. The molecule has 1 N–H and O–H groups in total. The highest BCUT2D eigenvalue weighted by atomic mass is 32.2. The number of aromatic nitrogens is 1. The van der Waals surface area contributed by atoms with E-state index in [4.69, 9.17) is 4.74 Å². The van der Waals surface area contributed by atoms with Crippen LogP contribution in [-0.4, -0.2) is 50.4 Å². The van der Waals surface area contributed by atoms with Gasteiger partial charge >= 0.3 is 5.97 Å². The third-order valence-corrected chi connectivity index (χ3v) is 6.83. The Balaban J connectivity index is 1.64. The van der Waals surface area contributed by atoms with Crippen LogP contribution in [0, 0.1) is 12.8 Å². The maximum absolute atomic E-state index is 12.6. The van der Waals surface area contributed by atoms with Gasteiger partial charge < -0.3 is 9.64 Å². The number of amides is 1. The predicted molar refractivity (Wildman–Crippen MR) is 105 cm³/mol. The molecule has 1 aromatic heterocycles. The van der Waals surface area contributed by atoms with Gasteiger partial charge in [0.15, 0.2) is 5.13 Å². The Morgan fingerprint density at radius 1 is 1.21 bits per heavy atom. The molecule has 1 aliphatic rings. The second kappa shape index (κ2) is 8.27. The quantitative estimate of drug-likeness (QED) is 0.740. The lowest BCUT2D eigenvalue weighted by Gasteiger charge is -2.30. The summed E-state index contributed by atoms with van der Waals surface area (Å²) in [5.41, 5.74) is 1.14. The summed E-state index contributed by atoms with van der Waals surface area (Å²) in [6.45, 7) is 2.73. The lowest BCUT2D eigenvalue weighted by atomic mass is 9.97. The van der Waals surface area contributed by atoms with E-state index in [1.165, 1.54) is 24.6 Å². The lowest BCUT2D eigenvalue weighted by molar-refractivity contribution is -0.146. The minimum absolute atomic E-state index is 0.131. The fraction of sp³-hybridized carbons (Fsp3) is 0.389. The Labute approximate surface area is 167 Å². The van der Waals surface area contributed by atoms with E-state index in [0.29, 0.717) is 25.9 Å². The lowest BCUT2D eigenvalue weighted by Crippen LogP contribution is -2.40. The number of piperidine rings is 1. The molecule has 0 aliphatic carbocycles. The van der Waals surface area contributed by atoms with Crippen LogP contribution in [0.25, 0.3) is 0 Å². The van der Waals surface area contributed by atoms with Crippen LogP contribution in [0.5, 0.6) is 0 Å². The molecule has 8 nitrogen and oxygen atoms in total. The second-order valence-electron chi connectivity index (χ2n) is 6.55. The number of ether oxygens (including phenoxy) is 1. The Morgan fingerprint density at radius 3 is 2.46 bits per heavy atom.